The van der Waals surface area contributed by atoms with Crippen LogP contribution in [0.25, 0.3) is 11.0 Å². The number of aromatic nitrogens is 1. The molecule has 8 nitrogen and oxygen atoms in total. The smallest absolute Gasteiger partial charge is 0.294 e. The number of carbonyl (C=O) groups is 2. The molecule has 11 heteroatoms. The molecule has 4 N–H and O–H groups in total. The molecular formula is C23H28Cl3N5O3. The van der Waals surface area contributed by atoms with Crippen LogP contribution in [0.1, 0.15) is 36.2 Å². The van der Waals surface area contributed by atoms with E-state index in [2.05, 4.69) is 34.6 Å². The molecule has 3 aromatic rings. The highest BCUT2D eigenvalue weighted by molar-refractivity contribution is 6.30. The first-order valence-electron chi connectivity index (χ1n) is 10.5. The quantitative estimate of drug-likeness (QED) is 0.391. The van der Waals surface area contributed by atoms with Crippen molar-refractivity contribution in [1.29, 1.82) is 0 Å². The summed E-state index contributed by atoms with van der Waals surface area (Å²) in [7, 11) is 4.13. The van der Waals surface area contributed by atoms with Gasteiger partial charge < -0.3 is 25.7 Å². The molecule has 1 fully saturated rings. The fourth-order valence-corrected chi connectivity index (χ4v) is 4.21. The van der Waals surface area contributed by atoms with Crippen LogP contribution < -0.4 is 16.4 Å². The summed E-state index contributed by atoms with van der Waals surface area (Å²) in [6.07, 6.45) is 4.94. The van der Waals surface area contributed by atoms with Crippen LogP contribution >= 0.6 is 36.4 Å². The van der Waals surface area contributed by atoms with Gasteiger partial charge in [-0.05, 0) is 70.1 Å². The number of carbonyl (C=O) groups excluding carboxylic acids is 2. The minimum atomic E-state index is -0.527. The van der Waals surface area contributed by atoms with Crippen molar-refractivity contribution in [3.8, 4) is 0 Å². The Morgan fingerprint density at radius 3 is 2.41 bits per heavy atom. The molecule has 1 aliphatic carbocycles. The van der Waals surface area contributed by atoms with E-state index in [1.807, 2.05) is 0 Å². The third-order valence-corrected chi connectivity index (χ3v) is 6.16. The van der Waals surface area contributed by atoms with Gasteiger partial charge in [0.1, 0.15) is 17.1 Å². The molecule has 0 bridgehead atoms. The number of nitrogens with zero attached hydrogens (tertiary/aromatic N) is 2. The van der Waals surface area contributed by atoms with E-state index in [1.54, 1.807) is 30.3 Å². The fraction of sp³-hybridized carbons (Fsp3) is 0.348. The normalized spacial score (nSPS) is 17.5. The minimum absolute atomic E-state index is 0. The summed E-state index contributed by atoms with van der Waals surface area (Å²) in [6.45, 7) is 0. The Morgan fingerprint density at radius 1 is 1.09 bits per heavy atom. The van der Waals surface area contributed by atoms with Gasteiger partial charge in [-0.15, -0.1) is 24.8 Å². The van der Waals surface area contributed by atoms with Gasteiger partial charge in [0.2, 0.25) is 11.7 Å². The maximum Gasteiger partial charge on any atom is 0.294 e. The lowest BCUT2D eigenvalue weighted by atomic mass is 9.85. The van der Waals surface area contributed by atoms with Crippen LogP contribution in [0.3, 0.4) is 0 Å². The third-order valence-electron chi connectivity index (χ3n) is 5.93. The molecule has 2 amide bonds. The van der Waals surface area contributed by atoms with Crippen molar-refractivity contribution >= 4 is 76.4 Å². The molecule has 184 valence electrons. The van der Waals surface area contributed by atoms with E-state index < -0.39 is 5.91 Å². The number of pyridine rings is 1. The van der Waals surface area contributed by atoms with Crippen LogP contribution in [-0.4, -0.2) is 41.8 Å². The minimum Gasteiger partial charge on any atom is -0.449 e. The first kappa shape index (κ1) is 27.7. The molecule has 0 atom stereocenters. The zero-order valence-electron chi connectivity index (χ0n) is 18.8. The van der Waals surface area contributed by atoms with E-state index in [4.69, 9.17) is 21.8 Å². The van der Waals surface area contributed by atoms with Crippen molar-refractivity contribution in [2.24, 2.45) is 5.92 Å². The van der Waals surface area contributed by atoms with Gasteiger partial charge in [0.25, 0.3) is 5.91 Å². The number of benzene rings is 1. The van der Waals surface area contributed by atoms with Crippen molar-refractivity contribution in [3.05, 3.63) is 47.3 Å². The zero-order valence-corrected chi connectivity index (χ0v) is 21.2. The van der Waals surface area contributed by atoms with Crippen LogP contribution in [-0.2, 0) is 4.79 Å². The first-order chi connectivity index (χ1) is 15.3. The molecule has 0 saturated heterocycles. The standard InChI is InChI=1S/C23H26ClN5O3.2ClH/c1-29(2)16-7-3-13(4-8-16)22(30)28-20-17-11-15(25)6-9-18(17)32-21(20)23(31)27-19-10-5-14(24)12-26-19;;/h5-6,9-13,16H,3-4,7-8,25H2,1-2H3,(H,28,30)(H,26,27,31);2*1H/t13-,16-;;. The SMILES string of the molecule is CN(C)[C@H]1CC[C@H](C(=O)Nc2c(C(=O)Nc3ccc(Cl)cn3)oc3ccc(N)cc23)CC1.Cl.Cl. The number of rotatable bonds is 5. The summed E-state index contributed by atoms with van der Waals surface area (Å²) in [5.41, 5.74) is 7.23. The number of amides is 2. The zero-order chi connectivity index (χ0) is 22.8. The lowest BCUT2D eigenvalue weighted by Crippen LogP contribution is -2.35. The van der Waals surface area contributed by atoms with Crippen LogP contribution in [0.5, 0.6) is 0 Å². The highest BCUT2D eigenvalue weighted by Crippen LogP contribution is 2.35. The van der Waals surface area contributed by atoms with Crippen molar-refractivity contribution in [3.63, 3.8) is 0 Å². The summed E-state index contributed by atoms with van der Waals surface area (Å²) < 4.78 is 5.81. The molecule has 2 heterocycles. The van der Waals surface area contributed by atoms with Gasteiger partial charge in [0.15, 0.2) is 0 Å². The molecule has 0 radical (unpaired) electrons. The number of hydrogen-bond acceptors (Lipinski definition) is 6. The highest BCUT2D eigenvalue weighted by atomic mass is 35.5. The second kappa shape index (κ2) is 11.8. The van der Waals surface area contributed by atoms with Gasteiger partial charge in [0.05, 0.1) is 5.02 Å². The lowest BCUT2D eigenvalue weighted by Gasteiger charge is -2.31. The van der Waals surface area contributed by atoms with Gasteiger partial charge in [-0.2, -0.15) is 0 Å². The maximum atomic E-state index is 13.1. The summed E-state index contributed by atoms with van der Waals surface area (Å²) in [5.74, 6) is -0.449. The van der Waals surface area contributed by atoms with Gasteiger partial charge >= 0.3 is 0 Å². The summed E-state index contributed by atoms with van der Waals surface area (Å²) >= 11 is 5.86. The van der Waals surface area contributed by atoms with E-state index in [1.165, 1.54) is 6.20 Å². The second-order valence-corrected chi connectivity index (χ2v) is 8.77. The van der Waals surface area contributed by atoms with Crippen molar-refractivity contribution in [1.82, 2.24) is 9.88 Å². The molecule has 1 saturated carbocycles. The molecular weight excluding hydrogens is 501 g/mol. The molecule has 0 aliphatic heterocycles. The van der Waals surface area contributed by atoms with E-state index in [-0.39, 0.29) is 42.4 Å². The molecule has 2 aromatic heterocycles. The molecule has 4 rings (SSSR count). The fourth-order valence-electron chi connectivity index (χ4n) is 4.10. The van der Waals surface area contributed by atoms with Crippen molar-refractivity contribution in [2.75, 3.05) is 30.5 Å². The number of hydrogen-bond donors (Lipinski definition) is 3. The molecule has 1 aromatic carbocycles. The predicted molar refractivity (Wildman–Crippen MR) is 140 cm³/mol. The van der Waals surface area contributed by atoms with Crippen molar-refractivity contribution < 1.29 is 14.0 Å². The monoisotopic (exact) mass is 527 g/mol. The summed E-state index contributed by atoms with van der Waals surface area (Å²) in [6, 6.07) is 8.75. The number of furan rings is 1. The lowest BCUT2D eigenvalue weighted by molar-refractivity contribution is -0.121. The molecule has 1 aliphatic rings. The second-order valence-electron chi connectivity index (χ2n) is 8.34. The molecule has 0 spiro atoms. The molecule has 0 unspecified atom stereocenters. The van der Waals surface area contributed by atoms with E-state index >= 15 is 0 Å². The summed E-state index contributed by atoms with van der Waals surface area (Å²) in [4.78, 5) is 32.4. The van der Waals surface area contributed by atoms with E-state index in [0.29, 0.717) is 39.2 Å². The average molecular weight is 529 g/mol. The maximum absolute atomic E-state index is 13.1. The highest BCUT2D eigenvalue weighted by Gasteiger charge is 2.30. The Balaban J connectivity index is 0.00000204. The van der Waals surface area contributed by atoms with Crippen LogP contribution in [0, 0.1) is 5.92 Å². The number of nitrogens with one attached hydrogen (secondary N) is 2. The Hall–Kier alpha value is -2.52. The Kier molecular flexibility index (Phi) is 9.58. The number of anilines is 3. The van der Waals surface area contributed by atoms with Gasteiger partial charge in [-0.25, -0.2) is 4.98 Å². The number of nitrogens with two attached hydrogens (primary N) is 1. The third kappa shape index (κ3) is 6.13. The van der Waals surface area contributed by atoms with E-state index in [0.717, 1.165) is 25.7 Å². The predicted octanol–water partition coefficient (Wildman–Crippen LogP) is 5.22. The number of fused-ring (bicyclic) bond motifs is 1. The Bertz CT molecular complexity index is 1140. The van der Waals surface area contributed by atoms with Gasteiger partial charge in [-0.3, -0.25) is 9.59 Å². The average Bonchev–Trinajstić information content (AvgIpc) is 3.13. The van der Waals surface area contributed by atoms with Gasteiger partial charge in [0, 0.05) is 29.2 Å². The Morgan fingerprint density at radius 2 is 1.79 bits per heavy atom. The van der Waals surface area contributed by atoms with Crippen molar-refractivity contribution in [2.45, 2.75) is 31.7 Å². The van der Waals surface area contributed by atoms with Crippen LogP contribution in [0.15, 0.2) is 40.9 Å². The largest absolute Gasteiger partial charge is 0.449 e. The van der Waals surface area contributed by atoms with E-state index in [9.17, 15) is 9.59 Å². The topological polar surface area (TPSA) is 113 Å². The first-order valence-corrected chi connectivity index (χ1v) is 10.9. The number of halogens is 3. The summed E-state index contributed by atoms with van der Waals surface area (Å²) in [5, 5.41) is 6.66. The molecule has 34 heavy (non-hydrogen) atoms. The number of nitrogen functional groups attached to an aromatic ring is 1. The van der Waals surface area contributed by atoms with Gasteiger partial charge in [-0.1, -0.05) is 11.6 Å². The van der Waals surface area contributed by atoms with Crippen LogP contribution in [0.2, 0.25) is 5.02 Å². The Labute approximate surface area is 215 Å². The van der Waals surface area contributed by atoms with Crippen LogP contribution in [0.4, 0.5) is 17.2 Å².